The molecule has 0 amide bonds. The molecule has 2 aromatic carbocycles. The van der Waals surface area contributed by atoms with E-state index in [9.17, 15) is 38.7 Å². The molecule has 324 valence electrons. The maximum absolute atomic E-state index is 13.2. The van der Waals surface area contributed by atoms with Crippen molar-refractivity contribution in [2.45, 2.75) is 110 Å². The number of carbonyl (C=O) groups is 6. The summed E-state index contributed by atoms with van der Waals surface area (Å²) in [6, 6.07) is 10.2. The Kier molecular flexibility index (Phi) is 14.4. The molecule has 2 fully saturated rings. The van der Waals surface area contributed by atoms with Crippen molar-refractivity contribution in [1.82, 2.24) is 0 Å². The first-order chi connectivity index (χ1) is 28.3. The number of rotatable bonds is 13. The van der Waals surface area contributed by atoms with Gasteiger partial charge in [0, 0.05) is 65.3 Å². The fourth-order valence-electron chi connectivity index (χ4n) is 6.72. The van der Waals surface area contributed by atoms with Gasteiger partial charge >= 0.3 is 35.8 Å². The van der Waals surface area contributed by atoms with Crippen LogP contribution in [0.5, 0.6) is 17.2 Å². The lowest BCUT2D eigenvalue weighted by Gasteiger charge is -2.46. The van der Waals surface area contributed by atoms with Crippen LogP contribution >= 0.6 is 0 Å². The Morgan fingerprint density at radius 1 is 0.617 bits per heavy atom. The molecule has 1 N–H and O–H groups in total. The van der Waals surface area contributed by atoms with Crippen LogP contribution in [0.3, 0.4) is 0 Å². The van der Waals surface area contributed by atoms with Crippen LogP contribution in [-0.4, -0.2) is 116 Å². The quantitative estimate of drug-likeness (QED) is 0.192. The summed E-state index contributed by atoms with van der Waals surface area (Å²) in [7, 11) is 1.50. The average Bonchev–Trinajstić information content (AvgIpc) is 3.14. The van der Waals surface area contributed by atoms with E-state index in [2.05, 4.69) is 0 Å². The normalized spacial score (nSPS) is 26.2. The monoisotopic (exact) mass is 844 g/mol. The summed E-state index contributed by atoms with van der Waals surface area (Å²) in [5.74, 6) is -5.14. The lowest BCUT2D eigenvalue weighted by molar-refractivity contribution is -0.323. The van der Waals surface area contributed by atoms with Crippen LogP contribution in [0.4, 0.5) is 0 Å². The molecule has 0 bridgehead atoms. The van der Waals surface area contributed by atoms with Gasteiger partial charge in [-0.3, -0.25) is 33.6 Å². The summed E-state index contributed by atoms with van der Waals surface area (Å²) in [5.41, 5.74) is -0.203. The van der Waals surface area contributed by atoms with Crippen molar-refractivity contribution in [3.05, 3.63) is 52.7 Å². The molecule has 10 atom stereocenters. The number of hydrogen-bond donors (Lipinski definition) is 1. The first-order valence-corrected chi connectivity index (χ1v) is 18.4. The number of benzene rings is 2. The highest BCUT2D eigenvalue weighted by molar-refractivity contribution is 5.86. The Morgan fingerprint density at radius 3 is 1.67 bits per heavy atom. The van der Waals surface area contributed by atoms with E-state index in [0.717, 1.165) is 47.6 Å². The Hall–Kier alpha value is -6.25. The van der Waals surface area contributed by atoms with Crippen LogP contribution in [0.15, 0.2) is 51.7 Å². The topological polar surface area (TPSA) is 254 Å². The zero-order valence-electron chi connectivity index (χ0n) is 33.7. The lowest BCUT2D eigenvalue weighted by atomic mass is 9.97. The highest BCUT2D eigenvalue weighted by Crippen LogP contribution is 2.36. The summed E-state index contributed by atoms with van der Waals surface area (Å²) in [4.78, 5) is 87.2. The Morgan fingerprint density at radius 2 is 1.12 bits per heavy atom. The first-order valence-electron chi connectivity index (χ1n) is 18.4. The maximum atomic E-state index is 13.2. The minimum Gasteiger partial charge on any atom is -0.507 e. The van der Waals surface area contributed by atoms with Crippen molar-refractivity contribution in [3.63, 3.8) is 0 Å². The van der Waals surface area contributed by atoms with Gasteiger partial charge in [-0.2, -0.15) is 0 Å². The summed E-state index contributed by atoms with van der Waals surface area (Å²) in [5, 5.41) is 10.8. The van der Waals surface area contributed by atoms with Gasteiger partial charge in [0.05, 0.1) is 19.8 Å². The molecule has 2 aliphatic heterocycles. The van der Waals surface area contributed by atoms with Gasteiger partial charge in [-0.1, -0.05) is 0 Å². The number of ether oxygens (including phenoxy) is 11. The van der Waals surface area contributed by atoms with Crippen molar-refractivity contribution in [1.29, 1.82) is 0 Å². The van der Waals surface area contributed by atoms with Crippen LogP contribution in [0.25, 0.3) is 22.3 Å². The summed E-state index contributed by atoms with van der Waals surface area (Å²) < 4.78 is 68.5. The van der Waals surface area contributed by atoms with E-state index in [1.54, 1.807) is 24.3 Å². The third-order valence-electron chi connectivity index (χ3n) is 8.97. The van der Waals surface area contributed by atoms with Gasteiger partial charge in [-0.25, -0.2) is 0 Å². The number of esters is 6. The minimum atomic E-state index is -1.73. The van der Waals surface area contributed by atoms with E-state index < -0.39 is 115 Å². The van der Waals surface area contributed by atoms with E-state index in [-0.39, 0.29) is 22.5 Å². The van der Waals surface area contributed by atoms with Gasteiger partial charge in [0.1, 0.15) is 40.1 Å². The molecule has 0 radical (unpaired) electrons. The number of fused-ring (bicyclic) bond motifs is 1. The smallest absolute Gasteiger partial charge is 0.303 e. The predicted octanol–water partition coefficient (Wildman–Crippen LogP) is 2.63. The number of phenolic OH excluding ortho intramolecular Hbond substituents is 1. The van der Waals surface area contributed by atoms with Crippen molar-refractivity contribution < 1.29 is 90.4 Å². The predicted molar refractivity (Wildman–Crippen MR) is 199 cm³/mol. The standard InChI is InChI=1S/C40H44O20/c1-17-33(52-18(2)41)35(54-20(4)43)37(56-22(6)45)39(51-17)50-16-31-34(53-19(3)42)36(55-21(5)44)38(57-23(7)46)40(60-31)58-26-13-27(47)32-28(48)15-29(59-30(32)14-26)24-9-11-25(49-8)12-10-24/h9-15,17,31,33-40,47H,16H2,1-8H3/t17-,31+,33-,34+,35+,36-,37+,38+,39+,40+/m0/s1. The van der Waals surface area contributed by atoms with Crippen LogP contribution in [0, 0.1) is 0 Å². The molecular weight excluding hydrogens is 800 g/mol. The van der Waals surface area contributed by atoms with Gasteiger partial charge in [0.25, 0.3) is 0 Å². The zero-order valence-corrected chi connectivity index (χ0v) is 33.7. The highest BCUT2D eigenvalue weighted by atomic mass is 16.8. The third kappa shape index (κ3) is 10.9. The van der Waals surface area contributed by atoms with Crippen molar-refractivity contribution >= 4 is 46.8 Å². The molecule has 5 rings (SSSR count). The number of methoxy groups -OCH3 is 1. The second-order valence-electron chi connectivity index (χ2n) is 13.7. The van der Waals surface area contributed by atoms with Gasteiger partial charge in [0.15, 0.2) is 42.2 Å². The van der Waals surface area contributed by atoms with Crippen molar-refractivity contribution in [2.75, 3.05) is 13.7 Å². The van der Waals surface area contributed by atoms with E-state index >= 15 is 0 Å². The van der Waals surface area contributed by atoms with Crippen LogP contribution in [0.1, 0.15) is 48.5 Å². The fourth-order valence-corrected chi connectivity index (χ4v) is 6.72. The largest absolute Gasteiger partial charge is 0.507 e. The summed E-state index contributed by atoms with van der Waals surface area (Å²) in [6.45, 7) is 7.27. The molecule has 0 unspecified atom stereocenters. The van der Waals surface area contributed by atoms with Gasteiger partial charge in [-0.15, -0.1) is 0 Å². The molecular formula is C40H44O20. The zero-order chi connectivity index (χ0) is 44.0. The molecule has 2 aliphatic rings. The minimum absolute atomic E-state index is 0.119. The molecule has 20 heteroatoms. The third-order valence-corrected chi connectivity index (χ3v) is 8.97. The van der Waals surface area contributed by atoms with E-state index in [4.69, 9.17) is 56.5 Å². The molecule has 20 nitrogen and oxygen atoms in total. The molecule has 1 aromatic heterocycles. The second-order valence-corrected chi connectivity index (χ2v) is 13.7. The SMILES string of the molecule is COc1ccc(-c2cc(=O)c3c(O)cc(O[C@@H]4O[C@H](CO[C@@H]5O[C@@H](C)[C@H](OC(C)=O)[C@@H](OC(C)=O)[C@H]5OC(C)=O)[C@@H](OC(C)=O)[C@H](OC(C)=O)[C@H]4OC(C)=O)cc3o2)cc1. The Labute approximate surface area is 341 Å². The van der Waals surface area contributed by atoms with Crippen LogP contribution in [-0.2, 0) is 71.4 Å². The Bertz CT molecular complexity index is 2140. The van der Waals surface area contributed by atoms with Crippen LogP contribution in [0.2, 0.25) is 0 Å². The molecule has 3 heterocycles. The first kappa shape index (κ1) is 44.8. The van der Waals surface area contributed by atoms with Gasteiger partial charge < -0.3 is 61.6 Å². The van der Waals surface area contributed by atoms with Crippen LogP contribution < -0.4 is 14.9 Å². The van der Waals surface area contributed by atoms with Gasteiger partial charge in [-0.05, 0) is 31.2 Å². The molecule has 3 aromatic rings. The summed E-state index contributed by atoms with van der Waals surface area (Å²) in [6.07, 6.45) is -14.8. The molecule has 0 aliphatic carbocycles. The summed E-state index contributed by atoms with van der Waals surface area (Å²) >= 11 is 0. The van der Waals surface area contributed by atoms with Crippen molar-refractivity contribution in [3.8, 4) is 28.6 Å². The molecule has 0 spiro atoms. The second kappa shape index (κ2) is 19.2. The number of hydrogen-bond acceptors (Lipinski definition) is 20. The maximum Gasteiger partial charge on any atom is 0.303 e. The van der Waals surface area contributed by atoms with E-state index in [1.807, 2.05) is 0 Å². The van der Waals surface area contributed by atoms with E-state index in [1.165, 1.54) is 26.2 Å². The average molecular weight is 845 g/mol. The lowest BCUT2D eigenvalue weighted by Crippen LogP contribution is -2.64. The fraction of sp³-hybridized carbons (Fsp3) is 0.475. The molecule has 60 heavy (non-hydrogen) atoms. The number of aromatic hydroxyl groups is 1. The number of phenols is 1. The van der Waals surface area contributed by atoms with Gasteiger partial charge in [0.2, 0.25) is 12.4 Å². The molecule has 2 saturated heterocycles. The molecule has 0 saturated carbocycles. The number of carbonyl (C=O) groups excluding carboxylic acids is 6. The highest BCUT2D eigenvalue weighted by Gasteiger charge is 2.55. The van der Waals surface area contributed by atoms with Crippen molar-refractivity contribution in [2.24, 2.45) is 0 Å². The Balaban J connectivity index is 1.53. The van der Waals surface area contributed by atoms with E-state index in [0.29, 0.717) is 11.3 Å².